The summed E-state index contributed by atoms with van der Waals surface area (Å²) in [6.45, 7) is 8.06. The van der Waals surface area contributed by atoms with E-state index in [1.54, 1.807) is 6.92 Å². The molecular weight excluding hydrogens is 282 g/mol. The molecule has 0 aliphatic rings. The predicted molar refractivity (Wildman–Crippen MR) is 84.6 cm³/mol. The summed E-state index contributed by atoms with van der Waals surface area (Å²) in [7, 11) is -0.100. The number of carbonyl (C=O) groups is 1. The van der Waals surface area contributed by atoms with E-state index in [9.17, 15) is 4.79 Å². The Kier molecular flexibility index (Phi) is 11.0. The van der Waals surface area contributed by atoms with Crippen molar-refractivity contribution >= 4 is 45.0 Å². The summed E-state index contributed by atoms with van der Waals surface area (Å²) in [5, 5.41) is 0. The first-order valence-electron chi connectivity index (χ1n) is 5.99. The van der Waals surface area contributed by atoms with Gasteiger partial charge in [0.2, 0.25) is 0 Å². The molecule has 0 aliphatic heterocycles. The van der Waals surface area contributed by atoms with E-state index in [4.69, 9.17) is 4.74 Å². The van der Waals surface area contributed by atoms with Crippen molar-refractivity contribution in [3.63, 3.8) is 0 Å². The fourth-order valence-electron chi connectivity index (χ4n) is 1.21. The Bertz CT molecular complexity index is 243. The van der Waals surface area contributed by atoms with Gasteiger partial charge in [0.25, 0.3) is 0 Å². The molecule has 9 heteroatoms. The summed E-state index contributed by atoms with van der Waals surface area (Å²) in [5.74, 6) is -0.271. The molecule has 0 saturated carbocycles. The van der Waals surface area contributed by atoms with Gasteiger partial charge in [-0.15, -0.1) is 0 Å². The number of ether oxygens (including phenoxy) is 1. The first-order chi connectivity index (χ1) is 8.07. The molecule has 17 heavy (non-hydrogen) atoms. The number of hydrogen-bond donors (Lipinski definition) is 3. The van der Waals surface area contributed by atoms with Crippen LogP contribution in [0.15, 0.2) is 12.2 Å². The summed E-state index contributed by atoms with van der Waals surface area (Å²) >= 11 is 0. The van der Waals surface area contributed by atoms with E-state index in [-0.39, 0.29) is 25.7 Å². The lowest BCUT2D eigenvalue weighted by molar-refractivity contribution is -0.138. The highest BCUT2D eigenvalue weighted by atomic mass is 28.3. The molecule has 0 aromatic carbocycles. The summed E-state index contributed by atoms with van der Waals surface area (Å²) in [6.07, 6.45) is 0.962. The fraction of sp³-hybridized carbons (Fsp3) is 0.625. The molecule has 0 fully saturated rings. The molecule has 0 radical (unpaired) electrons. The highest BCUT2D eigenvalue weighted by Gasteiger charge is 2.05. The Morgan fingerprint density at radius 2 is 2.24 bits per heavy atom. The molecule has 1 atom stereocenters. The van der Waals surface area contributed by atoms with Crippen LogP contribution >= 0.6 is 0 Å². The molecule has 3 N–H and O–H groups in total. The van der Waals surface area contributed by atoms with Gasteiger partial charge in [-0.25, -0.2) is 4.79 Å². The second-order valence-corrected chi connectivity index (χ2v) is 13.7. The summed E-state index contributed by atoms with van der Waals surface area (Å²) in [4.78, 5) is 11.1. The molecule has 0 aromatic heterocycles. The third-order valence-electron chi connectivity index (χ3n) is 2.24. The van der Waals surface area contributed by atoms with Crippen LogP contribution < -0.4 is 13.9 Å². The van der Waals surface area contributed by atoms with Crippen molar-refractivity contribution in [1.82, 2.24) is 13.9 Å². The van der Waals surface area contributed by atoms with E-state index in [0.717, 1.165) is 16.8 Å². The molecule has 0 saturated heterocycles. The highest BCUT2D eigenvalue weighted by molar-refractivity contribution is 6.66. The minimum absolute atomic E-state index is 0.161. The SMILES string of the molecule is C=C(C)C(=O)OCCC[SiH](C)N[SiH2]N[SiH2]N[SiH3]. The standard InChI is InChI=1S/C8H25N3O2Si4/c1-7(2)8(12)13-5-4-6-17(3)11-16-10-15-9-14/h9-11,17H,1,4-6,15-16H2,2-3,14H3. The van der Waals surface area contributed by atoms with Gasteiger partial charge < -0.3 is 18.7 Å². The lowest BCUT2D eigenvalue weighted by Gasteiger charge is -2.12. The molecule has 0 heterocycles. The van der Waals surface area contributed by atoms with Crippen molar-refractivity contribution in [3.05, 3.63) is 12.2 Å². The van der Waals surface area contributed by atoms with Gasteiger partial charge in [-0.1, -0.05) is 13.1 Å². The molecule has 1 unspecified atom stereocenters. The van der Waals surface area contributed by atoms with Gasteiger partial charge in [-0.05, 0) is 19.4 Å². The van der Waals surface area contributed by atoms with Gasteiger partial charge in [-0.3, -0.25) is 0 Å². The molecule has 0 bridgehead atoms. The summed E-state index contributed by atoms with van der Waals surface area (Å²) in [5.41, 5.74) is 0.477. The van der Waals surface area contributed by atoms with Crippen molar-refractivity contribution < 1.29 is 9.53 Å². The molecule has 100 valence electrons. The molecular formula is C8H25N3O2Si4. The maximum Gasteiger partial charge on any atom is 0.333 e. The van der Waals surface area contributed by atoms with E-state index in [1.807, 2.05) is 0 Å². The van der Waals surface area contributed by atoms with Crippen LogP contribution in [0.1, 0.15) is 13.3 Å². The molecule has 0 aliphatic carbocycles. The van der Waals surface area contributed by atoms with Crippen LogP contribution in [-0.2, 0) is 9.53 Å². The van der Waals surface area contributed by atoms with Crippen LogP contribution in [0.25, 0.3) is 0 Å². The number of hydrogen-bond acceptors (Lipinski definition) is 5. The molecule has 0 spiro atoms. The van der Waals surface area contributed by atoms with E-state index in [0.29, 0.717) is 12.2 Å². The Labute approximate surface area is 113 Å². The largest absolute Gasteiger partial charge is 0.462 e. The number of carbonyl (C=O) groups excluding carboxylic acids is 1. The van der Waals surface area contributed by atoms with Crippen molar-refractivity contribution in [2.45, 2.75) is 25.9 Å². The van der Waals surface area contributed by atoms with Gasteiger partial charge in [0.1, 0.15) is 0 Å². The van der Waals surface area contributed by atoms with E-state index >= 15 is 0 Å². The summed E-state index contributed by atoms with van der Waals surface area (Å²) in [6, 6.07) is 1.17. The Morgan fingerprint density at radius 3 is 2.82 bits per heavy atom. The van der Waals surface area contributed by atoms with Crippen LogP contribution in [0, 0.1) is 0 Å². The smallest absolute Gasteiger partial charge is 0.333 e. The van der Waals surface area contributed by atoms with Crippen LogP contribution in [0.2, 0.25) is 12.6 Å². The number of esters is 1. The average Bonchev–Trinajstić information content (AvgIpc) is 2.29. The molecule has 5 nitrogen and oxygen atoms in total. The second kappa shape index (κ2) is 11.1. The average molecular weight is 308 g/mol. The van der Waals surface area contributed by atoms with Crippen LogP contribution in [0.3, 0.4) is 0 Å². The van der Waals surface area contributed by atoms with Crippen LogP contribution in [0.5, 0.6) is 0 Å². The molecule has 0 rings (SSSR count). The van der Waals surface area contributed by atoms with Crippen molar-refractivity contribution in [2.75, 3.05) is 6.61 Å². The zero-order valence-electron chi connectivity index (χ0n) is 11.1. The minimum atomic E-state index is -0.791. The van der Waals surface area contributed by atoms with Gasteiger partial charge >= 0.3 is 5.97 Å². The van der Waals surface area contributed by atoms with Crippen molar-refractivity contribution in [2.24, 2.45) is 0 Å². The van der Waals surface area contributed by atoms with Crippen molar-refractivity contribution in [3.8, 4) is 0 Å². The lowest BCUT2D eigenvalue weighted by atomic mass is 10.4. The number of nitrogens with one attached hydrogen (secondary N) is 3. The zero-order chi connectivity index (χ0) is 13.1. The quantitative estimate of drug-likeness (QED) is 0.173. The monoisotopic (exact) mass is 307 g/mol. The number of rotatable bonds is 10. The second-order valence-electron chi connectivity index (χ2n) is 4.12. The van der Waals surface area contributed by atoms with Gasteiger partial charge in [-0.2, -0.15) is 0 Å². The Balaban J connectivity index is 3.35. The minimum Gasteiger partial charge on any atom is -0.462 e. The Hall–Kier alpha value is -0.0425. The summed E-state index contributed by atoms with van der Waals surface area (Å²) < 4.78 is 15.5. The maximum atomic E-state index is 11.1. The molecule has 0 amide bonds. The lowest BCUT2D eigenvalue weighted by Crippen LogP contribution is -2.46. The van der Waals surface area contributed by atoms with Gasteiger partial charge in [0, 0.05) is 5.57 Å². The van der Waals surface area contributed by atoms with Crippen LogP contribution in [0.4, 0.5) is 0 Å². The maximum absolute atomic E-state index is 11.1. The van der Waals surface area contributed by atoms with Gasteiger partial charge in [0.05, 0.1) is 26.0 Å². The third-order valence-corrected chi connectivity index (χ3v) is 10.5. The highest BCUT2D eigenvalue weighted by Crippen LogP contribution is 1.98. The zero-order valence-corrected chi connectivity index (χ0v) is 17.1. The Morgan fingerprint density at radius 1 is 1.53 bits per heavy atom. The van der Waals surface area contributed by atoms with Crippen LogP contribution in [-0.4, -0.2) is 51.6 Å². The first-order valence-corrected chi connectivity index (χ1v) is 12.4. The fourth-order valence-corrected chi connectivity index (χ4v) is 9.83. The van der Waals surface area contributed by atoms with E-state index < -0.39 is 8.96 Å². The van der Waals surface area contributed by atoms with Gasteiger partial charge in [0.15, 0.2) is 19.7 Å². The third kappa shape index (κ3) is 10.8. The van der Waals surface area contributed by atoms with Crippen molar-refractivity contribution in [1.29, 1.82) is 0 Å². The normalized spacial score (nSPS) is 13.8. The first kappa shape index (κ1) is 17.0. The van der Waals surface area contributed by atoms with E-state index in [1.165, 1.54) is 6.04 Å². The van der Waals surface area contributed by atoms with E-state index in [2.05, 4.69) is 27.1 Å². The molecule has 0 aromatic rings. The topological polar surface area (TPSA) is 62.4 Å². The predicted octanol–water partition coefficient (Wildman–Crippen LogP) is -3.10.